The predicted molar refractivity (Wildman–Crippen MR) is 116 cm³/mol. The molecule has 158 valence electrons. The molecule has 2 N–H and O–H groups in total. The molecular formula is C23H22N4O4. The third kappa shape index (κ3) is 3.68. The second-order valence-electron chi connectivity index (χ2n) is 7.72. The predicted octanol–water partition coefficient (Wildman–Crippen LogP) is 2.46. The Bertz CT molecular complexity index is 1120. The van der Waals surface area contributed by atoms with E-state index in [0.29, 0.717) is 16.9 Å². The van der Waals surface area contributed by atoms with Gasteiger partial charge in [0.15, 0.2) is 5.78 Å². The van der Waals surface area contributed by atoms with Gasteiger partial charge < -0.3 is 15.5 Å². The SMILES string of the molecule is CC(=O)c1cccc(NC(=O)C2=CN(C)C3C(=O)N(c4ccc(C)cc4)C(=O)NC23)c1. The van der Waals surface area contributed by atoms with Gasteiger partial charge in [-0.1, -0.05) is 29.8 Å². The van der Waals surface area contributed by atoms with Crippen LogP contribution < -0.4 is 15.5 Å². The first kappa shape index (κ1) is 20.3. The zero-order chi connectivity index (χ0) is 22.3. The van der Waals surface area contributed by atoms with Crippen LogP contribution in [0.2, 0.25) is 0 Å². The quantitative estimate of drug-likeness (QED) is 0.744. The highest BCUT2D eigenvalue weighted by atomic mass is 16.2. The Morgan fingerprint density at radius 3 is 2.45 bits per heavy atom. The van der Waals surface area contributed by atoms with Gasteiger partial charge in [-0.3, -0.25) is 14.4 Å². The maximum Gasteiger partial charge on any atom is 0.329 e. The van der Waals surface area contributed by atoms with Crippen LogP contribution in [0, 0.1) is 6.92 Å². The lowest BCUT2D eigenvalue weighted by molar-refractivity contribution is -0.122. The van der Waals surface area contributed by atoms with Gasteiger partial charge >= 0.3 is 6.03 Å². The number of likely N-dealkylation sites (N-methyl/N-ethyl adjacent to an activating group) is 1. The molecular weight excluding hydrogens is 396 g/mol. The van der Waals surface area contributed by atoms with Crippen molar-refractivity contribution in [2.45, 2.75) is 25.9 Å². The minimum Gasteiger partial charge on any atom is -0.366 e. The minimum atomic E-state index is -0.775. The Morgan fingerprint density at radius 2 is 1.77 bits per heavy atom. The highest BCUT2D eigenvalue weighted by Crippen LogP contribution is 2.30. The summed E-state index contributed by atoms with van der Waals surface area (Å²) < 4.78 is 0. The van der Waals surface area contributed by atoms with Crippen LogP contribution in [-0.2, 0) is 9.59 Å². The summed E-state index contributed by atoms with van der Waals surface area (Å²) in [5.41, 5.74) is 2.69. The second-order valence-corrected chi connectivity index (χ2v) is 7.72. The summed E-state index contributed by atoms with van der Waals surface area (Å²) in [4.78, 5) is 53.2. The number of carbonyl (C=O) groups is 4. The van der Waals surface area contributed by atoms with Crippen LogP contribution in [0.5, 0.6) is 0 Å². The molecule has 4 amide bonds. The third-order valence-electron chi connectivity index (χ3n) is 5.47. The number of Topliss-reactive ketones (excluding diaryl/α,β-unsaturated/α-hetero) is 1. The largest absolute Gasteiger partial charge is 0.366 e. The number of nitrogens with one attached hydrogen (secondary N) is 2. The molecule has 2 aromatic rings. The molecule has 2 heterocycles. The third-order valence-corrected chi connectivity index (χ3v) is 5.47. The van der Waals surface area contributed by atoms with Gasteiger partial charge in [0.2, 0.25) is 0 Å². The van der Waals surface area contributed by atoms with E-state index in [1.165, 1.54) is 6.92 Å². The molecule has 1 fully saturated rings. The number of hydrogen-bond acceptors (Lipinski definition) is 5. The zero-order valence-electron chi connectivity index (χ0n) is 17.4. The summed E-state index contributed by atoms with van der Waals surface area (Å²) in [5, 5.41) is 5.54. The van der Waals surface area contributed by atoms with Crippen molar-refractivity contribution in [1.29, 1.82) is 0 Å². The van der Waals surface area contributed by atoms with Crippen molar-refractivity contribution in [3.63, 3.8) is 0 Å². The summed E-state index contributed by atoms with van der Waals surface area (Å²) >= 11 is 0. The van der Waals surface area contributed by atoms with Crippen LogP contribution in [0.1, 0.15) is 22.8 Å². The van der Waals surface area contributed by atoms with Crippen LogP contribution >= 0.6 is 0 Å². The Morgan fingerprint density at radius 1 is 1.06 bits per heavy atom. The Hall–Kier alpha value is -3.94. The van der Waals surface area contributed by atoms with Gasteiger partial charge in [0.1, 0.15) is 6.04 Å². The van der Waals surface area contributed by atoms with Crippen molar-refractivity contribution < 1.29 is 19.2 Å². The van der Waals surface area contributed by atoms with Gasteiger partial charge in [-0.25, -0.2) is 9.69 Å². The molecule has 2 aromatic carbocycles. The minimum absolute atomic E-state index is 0.114. The molecule has 0 radical (unpaired) electrons. The number of benzene rings is 2. The van der Waals surface area contributed by atoms with Crippen LogP contribution in [0.15, 0.2) is 60.3 Å². The molecule has 8 heteroatoms. The number of rotatable bonds is 4. The number of imide groups is 1. The highest BCUT2D eigenvalue weighted by Gasteiger charge is 2.49. The van der Waals surface area contributed by atoms with Crippen molar-refractivity contribution in [2.75, 3.05) is 17.3 Å². The van der Waals surface area contributed by atoms with E-state index in [2.05, 4.69) is 10.6 Å². The van der Waals surface area contributed by atoms with Crippen molar-refractivity contribution >= 4 is 35.0 Å². The number of hydrogen-bond donors (Lipinski definition) is 2. The van der Waals surface area contributed by atoms with E-state index in [1.54, 1.807) is 54.5 Å². The molecule has 0 bridgehead atoms. The van der Waals surface area contributed by atoms with Gasteiger partial charge in [0.25, 0.3) is 11.8 Å². The molecule has 0 spiro atoms. The maximum absolute atomic E-state index is 13.2. The molecule has 1 saturated heterocycles. The van der Waals surface area contributed by atoms with Gasteiger partial charge in [-0.05, 0) is 38.1 Å². The fraction of sp³-hybridized carbons (Fsp3) is 0.217. The average Bonchev–Trinajstić information content (AvgIpc) is 3.06. The van der Waals surface area contributed by atoms with E-state index < -0.39 is 29.9 Å². The number of fused-ring (bicyclic) bond motifs is 1. The molecule has 2 unspecified atom stereocenters. The van der Waals surface area contributed by atoms with Crippen molar-refractivity contribution in [3.05, 3.63) is 71.4 Å². The molecule has 31 heavy (non-hydrogen) atoms. The summed E-state index contributed by atoms with van der Waals surface area (Å²) in [6, 6.07) is 11.6. The first-order valence-electron chi connectivity index (χ1n) is 9.83. The molecule has 0 saturated carbocycles. The molecule has 2 aliphatic heterocycles. The lowest BCUT2D eigenvalue weighted by Gasteiger charge is -2.37. The van der Waals surface area contributed by atoms with Gasteiger partial charge in [-0.15, -0.1) is 0 Å². The first-order chi connectivity index (χ1) is 14.8. The number of anilines is 2. The standard InChI is InChI=1S/C23H22N4O4/c1-13-7-9-17(10-8-13)27-22(30)20-19(25-23(27)31)18(12-26(20)3)21(29)24-16-6-4-5-15(11-16)14(2)28/h4-12,19-20H,1-3H3,(H,24,29)(H,25,31). The van der Waals surface area contributed by atoms with E-state index in [-0.39, 0.29) is 11.4 Å². The van der Waals surface area contributed by atoms with E-state index in [0.717, 1.165) is 10.5 Å². The first-order valence-corrected chi connectivity index (χ1v) is 9.83. The lowest BCUT2D eigenvalue weighted by Crippen LogP contribution is -2.65. The number of nitrogens with zero attached hydrogens (tertiary/aromatic N) is 2. The summed E-state index contributed by atoms with van der Waals surface area (Å²) in [6.07, 6.45) is 1.57. The maximum atomic E-state index is 13.2. The molecule has 4 rings (SSSR count). The Balaban J connectivity index is 1.56. The lowest BCUT2D eigenvalue weighted by atomic mass is 9.98. The Kier molecular flexibility index (Phi) is 5.06. The van der Waals surface area contributed by atoms with Crippen molar-refractivity contribution in [3.8, 4) is 0 Å². The summed E-state index contributed by atoms with van der Waals surface area (Å²) in [6.45, 7) is 3.37. The zero-order valence-corrected chi connectivity index (χ0v) is 17.4. The topological polar surface area (TPSA) is 98.8 Å². The number of ketones is 1. The van der Waals surface area contributed by atoms with Crippen LogP contribution in [0.3, 0.4) is 0 Å². The fourth-order valence-electron chi connectivity index (χ4n) is 3.85. The van der Waals surface area contributed by atoms with Crippen LogP contribution in [-0.4, -0.2) is 47.7 Å². The fourth-order valence-corrected chi connectivity index (χ4v) is 3.85. The number of aryl methyl sites for hydroxylation is 1. The van der Waals surface area contributed by atoms with E-state index >= 15 is 0 Å². The van der Waals surface area contributed by atoms with Crippen molar-refractivity contribution in [1.82, 2.24) is 10.2 Å². The molecule has 8 nitrogen and oxygen atoms in total. The van der Waals surface area contributed by atoms with Crippen LogP contribution in [0.25, 0.3) is 0 Å². The number of amides is 4. The number of carbonyl (C=O) groups excluding carboxylic acids is 4. The molecule has 2 atom stereocenters. The monoisotopic (exact) mass is 418 g/mol. The van der Waals surface area contributed by atoms with Crippen LogP contribution in [0.4, 0.5) is 16.2 Å². The normalized spacial score (nSPS) is 20.2. The molecule has 2 aliphatic rings. The average molecular weight is 418 g/mol. The van der Waals surface area contributed by atoms with E-state index in [9.17, 15) is 19.2 Å². The summed E-state index contributed by atoms with van der Waals surface area (Å²) in [7, 11) is 1.69. The van der Waals surface area contributed by atoms with Crippen molar-refractivity contribution in [2.24, 2.45) is 0 Å². The second kappa shape index (κ2) is 7.71. The molecule has 0 aliphatic carbocycles. The number of urea groups is 1. The van der Waals surface area contributed by atoms with Gasteiger partial charge in [-0.2, -0.15) is 0 Å². The van der Waals surface area contributed by atoms with Gasteiger partial charge in [0, 0.05) is 24.5 Å². The highest BCUT2D eigenvalue weighted by molar-refractivity contribution is 6.20. The Labute approximate surface area is 179 Å². The van der Waals surface area contributed by atoms with E-state index in [4.69, 9.17) is 0 Å². The van der Waals surface area contributed by atoms with E-state index in [1.807, 2.05) is 19.1 Å². The molecule has 0 aromatic heterocycles. The smallest absolute Gasteiger partial charge is 0.329 e. The van der Waals surface area contributed by atoms with Gasteiger partial charge in [0.05, 0.1) is 17.3 Å². The summed E-state index contributed by atoms with van der Waals surface area (Å²) in [5.74, 6) is -0.966.